The fourth-order valence-corrected chi connectivity index (χ4v) is 2.35. The Bertz CT molecular complexity index is 671. The molecule has 3 aromatic rings. The summed E-state index contributed by atoms with van der Waals surface area (Å²) >= 11 is 1.40. The topological polar surface area (TPSA) is 69.6 Å². The van der Waals surface area contributed by atoms with E-state index < -0.39 is 0 Å². The molecule has 0 saturated heterocycles. The lowest BCUT2D eigenvalue weighted by Gasteiger charge is -2.06. The number of hydrogen-bond donors (Lipinski definition) is 1. The van der Waals surface area contributed by atoms with Crippen molar-refractivity contribution in [1.82, 2.24) is 19.7 Å². The van der Waals surface area contributed by atoms with Gasteiger partial charge in [0.2, 0.25) is 0 Å². The minimum Gasteiger partial charge on any atom is -0.375 e. The second-order valence-corrected chi connectivity index (χ2v) is 4.70. The molecule has 0 spiro atoms. The zero-order valence-electron chi connectivity index (χ0n) is 9.74. The first-order chi connectivity index (χ1) is 8.75. The van der Waals surface area contributed by atoms with Gasteiger partial charge in [0.25, 0.3) is 0 Å². The molecule has 0 radical (unpaired) electrons. The number of aryl methyl sites for hydroxylation is 1. The van der Waals surface area contributed by atoms with Crippen LogP contribution < -0.4 is 5.73 Å². The van der Waals surface area contributed by atoms with Crippen LogP contribution in [0.5, 0.6) is 0 Å². The highest BCUT2D eigenvalue weighted by Crippen LogP contribution is 2.24. The number of rotatable bonds is 2. The first-order valence-corrected chi connectivity index (χ1v) is 6.32. The van der Waals surface area contributed by atoms with E-state index in [1.54, 1.807) is 0 Å². The van der Waals surface area contributed by atoms with E-state index in [1.807, 2.05) is 47.2 Å². The van der Waals surface area contributed by atoms with Gasteiger partial charge in [-0.3, -0.25) is 4.57 Å². The molecule has 1 aromatic carbocycles. The number of nitrogens with two attached hydrogens (primary N) is 1. The number of anilines is 1. The zero-order valence-corrected chi connectivity index (χ0v) is 10.6. The smallest absolute Gasteiger partial charge is 0.188 e. The van der Waals surface area contributed by atoms with Crippen LogP contribution >= 0.6 is 11.3 Å². The molecule has 0 aliphatic rings. The molecular weight excluding hydrogens is 246 g/mol. The van der Waals surface area contributed by atoms with E-state index in [9.17, 15) is 0 Å². The van der Waals surface area contributed by atoms with Crippen molar-refractivity contribution in [1.29, 1.82) is 0 Å². The number of nitrogen functional groups attached to an aromatic ring is 1. The quantitative estimate of drug-likeness (QED) is 0.764. The van der Waals surface area contributed by atoms with Crippen molar-refractivity contribution in [3.05, 3.63) is 41.5 Å². The minimum atomic E-state index is 0.533. The van der Waals surface area contributed by atoms with Gasteiger partial charge in [0.1, 0.15) is 11.5 Å². The van der Waals surface area contributed by atoms with Gasteiger partial charge in [0.15, 0.2) is 11.0 Å². The fourth-order valence-electron chi connectivity index (χ4n) is 1.80. The molecule has 0 amide bonds. The summed E-state index contributed by atoms with van der Waals surface area (Å²) in [7, 11) is 0. The Kier molecular flexibility index (Phi) is 2.56. The third-order valence-corrected chi connectivity index (χ3v) is 3.26. The van der Waals surface area contributed by atoms with Crippen molar-refractivity contribution in [2.75, 3.05) is 5.73 Å². The van der Waals surface area contributed by atoms with Crippen molar-refractivity contribution >= 4 is 16.5 Å². The molecule has 0 unspecified atom stereocenters. The number of nitrogens with zero attached hydrogens (tertiary/aromatic N) is 4. The standard InChI is InChI=1S/C12H11N5S/c1-8-15-16-11(10-7-18-12(13)14-10)17(8)9-5-3-2-4-6-9/h2-7H,1H3,(H2,13,14). The van der Waals surface area contributed by atoms with Gasteiger partial charge in [0.05, 0.1) is 0 Å². The molecule has 0 bridgehead atoms. The molecule has 90 valence electrons. The van der Waals surface area contributed by atoms with Gasteiger partial charge in [-0.05, 0) is 19.1 Å². The lowest BCUT2D eigenvalue weighted by Crippen LogP contribution is -1.99. The van der Waals surface area contributed by atoms with Gasteiger partial charge >= 0.3 is 0 Å². The van der Waals surface area contributed by atoms with Crippen LogP contribution in [0.15, 0.2) is 35.7 Å². The minimum absolute atomic E-state index is 0.533. The molecule has 18 heavy (non-hydrogen) atoms. The van der Waals surface area contributed by atoms with E-state index in [1.165, 1.54) is 11.3 Å². The Morgan fingerprint density at radius 3 is 2.61 bits per heavy atom. The first-order valence-electron chi connectivity index (χ1n) is 5.44. The lowest BCUT2D eigenvalue weighted by atomic mass is 10.3. The maximum absolute atomic E-state index is 5.66. The molecule has 2 heterocycles. The van der Waals surface area contributed by atoms with Crippen LogP contribution in [-0.4, -0.2) is 19.7 Å². The predicted octanol–water partition coefficient (Wildman–Crippen LogP) is 2.28. The van der Waals surface area contributed by atoms with Crippen LogP contribution in [0.1, 0.15) is 5.82 Å². The normalized spacial score (nSPS) is 10.7. The average molecular weight is 257 g/mol. The van der Waals surface area contributed by atoms with Crippen molar-refractivity contribution in [3.63, 3.8) is 0 Å². The van der Waals surface area contributed by atoms with E-state index >= 15 is 0 Å². The van der Waals surface area contributed by atoms with E-state index in [-0.39, 0.29) is 0 Å². The molecule has 0 atom stereocenters. The Labute approximate surface area is 108 Å². The highest BCUT2D eigenvalue weighted by Gasteiger charge is 2.14. The number of aromatic nitrogens is 4. The summed E-state index contributed by atoms with van der Waals surface area (Å²) in [4.78, 5) is 4.25. The molecule has 0 aliphatic carbocycles. The highest BCUT2D eigenvalue weighted by molar-refractivity contribution is 7.13. The molecule has 3 rings (SSSR count). The Balaban J connectivity index is 2.18. The Hall–Kier alpha value is -2.21. The molecule has 0 aliphatic heterocycles. The van der Waals surface area contributed by atoms with E-state index in [4.69, 9.17) is 5.73 Å². The second-order valence-electron chi connectivity index (χ2n) is 3.81. The van der Waals surface area contributed by atoms with Crippen LogP contribution in [0.2, 0.25) is 0 Å². The maximum Gasteiger partial charge on any atom is 0.188 e. The fraction of sp³-hybridized carbons (Fsp3) is 0.0833. The Morgan fingerprint density at radius 2 is 1.94 bits per heavy atom. The van der Waals surface area contributed by atoms with Gasteiger partial charge < -0.3 is 5.73 Å². The zero-order chi connectivity index (χ0) is 12.5. The van der Waals surface area contributed by atoms with E-state index in [0.717, 1.165) is 17.2 Å². The van der Waals surface area contributed by atoms with E-state index in [2.05, 4.69) is 15.2 Å². The maximum atomic E-state index is 5.66. The summed E-state index contributed by atoms with van der Waals surface area (Å²) in [6.07, 6.45) is 0. The van der Waals surface area contributed by atoms with Gasteiger partial charge in [0, 0.05) is 11.1 Å². The number of thiazole rings is 1. The second kappa shape index (κ2) is 4.23. The number of hydrogen-bond acceptors (Lipinski definition) is 5. The van der Waals surface area contributed by atoms with Crippen LogP contribution in [0.4, 0.5) is 5.13 Å². The molecular formula is C12H11N5S. The van der Waals surface area contributed by atoms with Crippen molar-refractivity contribution < 1.29 is 0 Å². The first kappa shape index (κ1) is 10.9. The summed E-state index contributed by atoms with van der Waals surface area (Å²) in [5.41, 5.74) is 7.43. The summed E-state index contributed by atoms with van der Waals surface area (Å²) in [6, 6.07) is 9.96. The van der Waals surface area contributed by atoms with Gasteiger partial charge in [-0.1, -0.05) is 18.2 Å². The van der Waals surface area contributed by atoms with E-state index in [0.29, 0.717) is 11.0 Å². The van der Waals surface area contributed by atoms with Crippen molar-refractivity contribution in [3.8, 4) is 17.2 Å². The van der Waals surface area contributed by atoms with Gasteiger partial charge in [-0.15, -0.1) is 21.5 Å². The summed E-state index contributed by atoms with van der Waals surface area (Å²) in [5, 5.41) is 10.7. The molecule has 0 saturated carbocycles. The lowest BCUT2D eigenvalue weighted by molar-refractivity contribution is 0.970. The van der Waals surface area contributed by atoms with Gasteiger partial charge in [-0.25, -0.2) is 4.98 Å². The summed E-state index contributed by atoms with van der Waals surface area (Å²) < 4.78 is 1.97. The summed E-state index contributed by atoms with van der Waals surface area (Å²) in [6.45, 7) is 1.92. The number of benzene rings is 1. The third-order valence-electron chi connectivity index (χ3n) is 2.59. The average Bonchev–Trinajstić information content (AvgIpc) is 2.96. The molecule has 6 heteroatoms. The largest absolute Gasteiger partial charge is 0.375 e. The molecule has 2 aromatic heterocycles. The van der Waals surface area contributed by atoms with Crippen LogP contribution in [0.25, 0.3) is 17.2 Å². The van der Waals surface area contributed by atoms with Gasteiger partial charge in [-0.2, -0.15) is 0 Å². The molecule has 0 fully saturated rings. The predicted molar refractivity (Wildman–Crippen MR) is 71.6 cm³/mol. The highest BCUT2D eigenvalue weighted by atomic mass is 32.1. The van der Waals surface area contributed by atoms with Crippen molar-refractivity contribution in [2.45, 2.75) is 6.92 Å². The van der Waals surface area contributed by atoms with Crippen LogP contribution in [0, 0.1) is 6.92 Å². The molecule has 5 nitrogen and oxygen atoms in total. The monoisotopic (exact) mass is 257 g/mol. The number of para-hydroxylation sites is 1. The third kappa shape index (κ3) is 1.76. The Morgan fingerprint density at radius 1 is 1.17 bits per heavy atom. The summed E-state index contributed by atoms with van der Waals surface area (Å²) in [5.74, 6) is 1.54. The van der Waals surface area contributed by atoms with Crippen LogP contribution in [0.3, 0.4) is 0 Å². The SMILES string of the molecule is Cc1nnc(-c2csc(N)n2)n1-c1ccccc1. The van der Waals surface area contributed by atoms with Crippen LogP contribution in [-0.2, 0) is 0 Å². The molecule has 2 N–H and O–H groups in total. The van der Waals surface area contributed by atoms with Crippen molar-refractivity contribution in [2.24, 2.45) is 0 Å².